The molecular weight excluding hydrogens is 306 g/mol. The third kappa shape index (κ3) is 2.21. The number of benzene rings is 1. The number of rotatable bonds is 2. The van der Waals surface area contributed by atoms with Gasteiger partial charge in [0.05, 0.1) is 11.8 Å². The quantitative estimate of drug-likeness (QED) is 0.721. The SMILES string of the molecule is Cc1cc(Br)ccc1Oc1nccc2c1ncn2C. The number of aryl methyl sites for hydroxylation is 2. The van der Waals surface area contributed by atoms with Crippen LogP contribution in [0.4, 0.5) is 0 Å². The van der Waals surface area contributed by atoms with E-state index in [1.54, 1.807) is 12.5 Å². The highest BCUT2D eigenvalue weighted by Crippen LogP contribution is 2.29. The smallest absolute Gasteiger partial charge is 0.247 e. The van der Waals surface area contributed by atoms with Gasteiger partial charge in [-0.2, -0.15) is 0 Å². The molecule has 96 valence electrons. The molecule has 0 atom stereocenters. The third-order valence-corrected chi connectivity index (χ3v) is 3.45. The first-order valence-corrected chi connectivity index (χ1v) is 6.64. The van der Waals surface area contributed by atoms with Crippen molar-refractivity contribution in [3.63, 3.8) is 0 Å². The number of hydrogen-bond acceptors (Lipinski definition) is 3. The van der Waals surface area contributed by atoms with E-state index in [1.165, 1.54) is 0 Å². The Morgan fingerprint density at radius 2 is 2.05 bits per heavy atom. The predicted molar refractivity (Wildman–Crippen MR) is 77.5 cm³/mol. The van der Waals surface area contributed by atoms with Crippen LogP contribution in [0, 0.1) is 6.92 Å². The van der Waals surface area contributed by atoms with Gasteiger partial charge in [-0.15, -0.1) is 0 Å². The molecule has 0 N–H and O–H groups in total. The summed E-state index contributed by atoms with van der Waals surface area (Å²) in [5.41, 5.74) is 2.82. The Morgan fingerprint density at radius 1 is 1.21 bits per heavy atom. The molecule has 0 saturated heterocycles. The summed E-state index contributed by atoms with van der Waals surface area (Å²) in [6.45, 7) is 2.00. The van der Waals surface area contributed by atoms with Crippen LogP contribution in [0.25, 0.3) is 11.0 Å². The number of aromatic nitrogens is 3. The predicted octanol–water partition coefficient (Wildman–Crippen LogP) is 3.83. The summed E-state index contributed by atoms with van der Waals surface area (Å²) in [7, 11) is 1.95. The molecule has 0 amide bonds. The summed E-state index contributed by atoms with van der Waals surface area (Å²) in [5.74, 6) is 1.32. The second kappa shape index (κ2) is 4.66. The van der Waals surface area contributed by atoms with Gasteiger partial charge >= 0.3 is 0 Å². The molecule has 0 radical (unpaired) electrons. The largest absolute Gasteiger partial charge is 0.437 e. The van der Waals surface area contributed by atoms with Crippen molar-refractivity contribution in [3.05, 3.63) is 46.8 Å². The van der Waals surface area contributed by atoms with Gasteiger partial charge in [0.1, 0.15) is 5.75 Å². The maximum atomic E-state index is 5.88. The molecule has 2 heterocycles. The van der Waals surface area contributed by atoms with Crippen LogP contribution in [0.5, 0.6) is 11.6 Å². The van der Waals surface area contributed by atoms with Gasteiger partial charge < -0.3 is 9.30 Å². The van der Waals surface area contributed by atoms with Gasteiger partial charge in [-0.05, 0) is 36.8 Å². The van der Waals surface area contributed by atoms with E-state index in [-0.39, 0.29) is 0 Å². The van der Waals surface area contributed by atoms with Gasteiger partial charge in [-0.1, -0.05) is 15.9 Å². The molecule has 0 aliphatic heterocycles. The van der Waals surface area contributed by atoms with Crippen LogP contribution in [0.3, 0.4) is 0 Å². The van der Waals surface area contributed by atoms with E-state index in [1.807, 2.05) is 42.8 Å². The van der Waals surface area contributed by atoms with Crippen LogP contribution in [0.15, 0.2) is 41.3 Å². The molecular formula is C14H12BrN3O. The maximum absolute atomic E-state index is 5.88. The van der Waals surface area contributed by atoms with E-state index in [4.69, 9.17) is 4.74 Å². The number of halogens is 1. The fraction of sp³-hybridized carbons (Fsp3) is 0.143. The summed E-state index contributed by atoms with van der Waals surface area (Å²) < 4.78 is 8.85. The molecule has 0 fully saturated rings. The summed E-state index contributed by atoms with van der Waals surface area (Å²) in [4.78, 5) is 8.60. The van der Waals surface area contributed by atoms with Crippen molar-refractivity contribution in [1.29, 1.82) is 0 Å². The van der Waals surface area contributed by atoms with Crippen molar-refractivity contribution in [2.24, 2.45) is 7.05 Å². The molecule has 0 spiro atoms. The van der Waals surface area contributed by atoms with Crippen LogP contribution >= 0.6 is 15.9 Å². The van der Waals surface area contributed by atoms with Crippen LogP contribution < -0.4 is 4.74 Å². The average molecular weight is 318 g/mol. The van der Waals surface area contributed by atoms with Gasteiger partial charge in [0, 0.05) is 17.7 Å². The summed E-state index contributed by atoms with van der Waals surface area (Å²) in [6.07, 6.45) is 3.49. The minimum absolute atomic E-state index is 0.531. The zero-order valence-corrected chi connectivity index (χ0v) is 12.2. The van der Waals surface area contributed by atoms with Crippen LogP contribution in [-0.4, -0.2) is 14.5 Å². The Labute approximate surface area is 119 Å². The molecule has 5 heteroatoms. The fourth-order valence-electron chi connectivity index (χ4n) is 1.94. The summed E-state index contributed by atoms with van der Waals surface area (Å²) in [5, 5.41) is 0. The molecule has 1 aromatic carbocycles. The molecule has 0 aliphatic rings. The van der Waals surface area contributed by atoms with Crippen LogP contribution in [0.2, 0.25) is 0 Å². The lowest BCUT2D eigenvalue weighted by Gasteiger charge is -2.08. The highest BCUT2D eigenvalue weighted by atomic mass is 79.9. The Bertz CT molecular complexity index is 752. The topological polar surface area (TPSA) is 39.9 Å². The highest BCUT2D eigenvalue weighted by molar-refractivity contribution is 9.10. The Kier molecular flexibility index (Phi) is 2.98. The Hall–Kier alpha value is -1.88. The van der Waals surface area contributed by atoms with Crippen molar-refractivity contribution < 1.29 is 4.74 Å². The van der Waals surface area contributed by atoms with Crippen molar-refractivity contribution >= 4 is 27.0 Å². The highest BCUT2D eigenvalue weighted by Gasteiger charge is 2.10. The van der Waals surface area contributed by atoms with E-state index in [9.17, 15) is 0 Å². The molecule has 19 heavy (non-hydrogen) atoms. The third-order valence-electron chi connectivity index (χ3n) is 2.95. The average Bonchev–Trinajstić information content (AvgIpc) is 2.76. The Morgan fingerprint density at radius 3 is 2.84 bits per heavy atom. The summed E-state index contributed by atoms with van der Waals surface area (Å²) >= 11 is 3.44. The van der Waals surface area contributed by atoms with E-state index < -0.39 is 0 Å². The fourth-order valence-corrected chi connectivity index (χ4v) is 2.42. The normalized spacial score (nSPS) is 10.9. The monoisotopic (exact) mass is 317 g/mol. The number of imidazole rings is 1. The molecule has 0 aliphatic carbocycles. The standard InChI is InChI=1S/C14H12BrN3O/c1-9-7-10(15)3-4-12(9)19-14-13-11(5-6-16-14)18(2)8-17-13/h3-8H,1-2H3. The molecule has 3 rings (SSSR count). The van der Waals surface area contributed by atoms with Gasteiger partial charge in [-0.25, -0.2) is 9.97 Å². The molecule has 4 nitrogen and oxygen atoms in total. The first-order chi connectivity index (χ1) is 9.15. The lowest BCUT2D eigenvalue weighted by molar-refractivity contribution is 0.464. The lowest BCUT2D eigenvalue weighted by Crippen LogP contribution is -1.92. The van der Waals surface area contributed by atoms with E-state index in [0.717, 1.165) is 26.8 Å². The maximum Gasteiger partial charge on any atom is 0.247 e. The van der Waals surface area contributed by atoms with Crippen molar-refractivity contribution in [2.75, 3.05) is 0 Å². The van der Waals surface area contributed by atoms with Crippen LogP contribution in [0.1, 0.15) is 5.56 Å². The first-order valence-electron chi connectivity index (χ1n) is 5.85. The summed E-state index contributed by atoms with van der Waals surface area (Å²) in [6, 6.07) is 7.79. The number of hydrogen-bond donors (Lipinski definition) is 0. The van der Waals surface area contributed by atoms with Crippen molar-refractivity contribution in [3.8, 4) is 11.6 Å². The molecule has 3 aromatic rings. The number of pyridine rings is 1. The minimum Gasteiger partial charge on any atom is -0.437 e. The number of fused-ring (bicyclic) bond motifs is 1. The zero-order chi connectivity index (χ0) is 13.4. The van der Waals surface area contributed by atoms with Crippen LogP contribution in [-0.2, 0) is 7.05 Å². The van der Waals surface area contributed by atoms with Gasteiger partial charge in [0.25, 0.3) is 0 Å². The first kappa shape index (κ1) is 12.2. The van der Waals surface area contributed by atoms with Gasteiger partial charge in [0.2, 0.25) is 5.88 Å². The van der Waals surface area contributed by atoms with E-state index >= 15 is 0 Å². The lowest BCUT2D eigenvalue weighted by atomic mass is 10.2. The number of ether oxygens (including phenoxy) is 1. The van der Waals surface area contributed by atoms with Gasteiger partial charge in [0.15, 0.2) is 5.52 Å². The Balaban J connectivity index is 2.06. The zero-order valence-electron chi connectivity index (χ0n) is 10.6. The van der Waals surface area contributed by atoms with Gasteiger partial charge in [-0.3, -0.25) is 0 Å². The molecule has 0 bridgehead atoms. The second-order valence-electron chi connectivity index (χ2n) is 4.35. The molecule has 2 aromatic heterocycles. The molecule has 0 saturated carbocycles. The van der Waals surface area contributed by atoms with Crippen molar-refractivity contribution in [2.45, 2.75) is 6.92 Å². The molecule has 0 unspecified atom stereocenters. The number of nitrogens with zero attached hydrogens (tertiary/aromatic N) is 3. The minimum atomic E-state index is 0.531. The van der Waals surface area contributed by atoms with E-state index in [2.05, 4.69) is 25.9 Å². The second-order valence-corrected chi connectivity index (χ2v) is 5.27. The van der Waals surface area contributed by atoms with Crippen molar-refractivity contribution in [1.82, 2.24) is 14.5 Å². The van der Waals surface area contributed by atoms with E-state index in [0.29, 0.717) is 5.88 Å².